The van der Waals surface area contributed by atoms with Crippen molar-refractivity contribution in [2.24, 2.45) is 0 Å². The van der Waals surface area contributed by atoms with E-state index in [1.54, 1.807) is 0 Å². The minimum atomic E-state index is -0.610. The zero-order valence-corrected chi connectivity index (χ0v) is 11.0. The van der Waals surface area contributed by atoms with Gasteiger partial charge in [0.25, 0.3) is 0 Å². The monoisotopic (exact) mass is 245 g/mol. The van der Waals surface area contributed by atoms with Crippen molar-refractivity contribution in [1.82, 2.24) is 4.98 Å². The minimum Gasteiger partial charge on any atom is -0.506 e. The van der Waals surface area contributed by atoms with Gasteiger partial charge in [-0.3, -0.25) is 4.98 Å². The molecule has 0 radical (unpaired) electrons. The fourth-order valence-electron chi connectivity index (χ4n) is 1.72. The highest BCUT2D eigenvalue weighted by Crippen LogP contribution is 2.36. The Kier molecular flexibility index (Phi) is 2.88. The molecule has 1 aromatic heterocycles. The van der Waals surface area contributed by atoms with Crippen LogP contribution in [0.3, 0.4) is 0 Å². The van der Waals surface area contributed by atoms with E-state index in [4.69, 9.17) is 15.7 Å². The van der Waals surface area contributed by atoms with Gasteiger partial charge in [-0.2, -0.15) is 0 Å². The lowest BCUT2D eigenvalue weighted by atomic mass is 9.81. The molecule has 1 aromatic rings. The van der Waals surface area contributed by atoms with E-state index in [9.17, 15) is 5.11 Å². The summed E-state index contributed by atoms with van der Waals surface area (Å²) in [6, 6.07) is 1.48. The first-order valence-corrected chi connectivity index (χ1v) is 5.78. The highest BCUT2D eigenvalue weighted by atomic mass is 16.7. The Morgan fingerprint density at radius 3 is 2.33 bits per heavy atom. The lowest BCUT2D eigenvalue weighted by Gasteiger charge is -2.32. The second-order valence-corrected chi connectivity index (χ2v) is 5.36. The molecule has 0 atom stereocenters. The smallest absolute Gasteiger partial charge is 0.506 e. The van der Waals surface area contributed by atoms with Crippen LogP contribution in [0.2, 0.25) is 0 Å². The third-order valence-electron chi connectivity index (χ3n) is 3.54. The van der Waals surface area contributed by atoms with E-state index in [0.29, 0.717) is 11.2 Å². The lowest BCUT2D eigenvalue weighted by Crippen LogP contribution is -2.41. The van der Waals surface area contributed by atoms with Crippen molar-refractivity contribution in [3.05, 3.63) is 17.8 Å². The predicted octanol–water partition coefficient (Wildman–Crippen LogP) is 1.07. The van der Waals surface area contributed by atoms with Gasteiger partial charge < -0.3 is 14.4 Å². The molecule has 0 unspecified atom stereocenters. The van der Waals surface area contributed by atoms with E-state index < -0.39 is 18.3 Å². The van der Waals surface area contributed by atoms with Crippen LogP contribution in [0.4, 0.5) is 0 Å². The highest BCUT2D eigenvalue weighted by Gasteiger charge is 2.52. The summed E-state index contributed by atoms with van der Waals surface area (Å²) in [6.07, 6.45) is 6.74. The summed E-state index contributed by atoms with van der Waals surface area (Å²) in [6.45, 7) is 7.85. The van der Waals surface area contributed by atoms with E-state index in [1.807, 2.05) is 27.7 Å². The van der Waals surface area contributed by atoms with Crippen LogP contribution in [0, 0.1) is 12.3 Å². The molecule has 94 valence electrons. The van der Waals surface area contributed by atoms with E-state index in [-0.39, 0.29) is 5.75 Å². The molecule has 1 saturated heterocycles. The molecule has 5 heteroatoms. The molecule has 18 heavy (non-hydrogen) atoms. The molecule has 0 aliphatic carbocycles. The largest absolute Gasteiger partial charge is 0.515 e. The van der Waals surface area contributed by atoms with Crippen LogP contribution >= 0.6 is 0 Å². The topological polar surface area (TPSA) is 51.6 Å². The van der Waals surface area contributed by atoms with Gasteiger partial charge in [0.05, 0.1) is 23.0 Å². The molecule has 0 spiro atoms. The molecule has 0 aromatic carbocycles. The number of aromatic nitrogens is 1. The Morgan fingerprint density at radius 2 is 1.83 bits per heavy atom. The number of pyridine rings is 1. The summed E-state index contributed by atoms with van der Waals surface area (Å²) in [4.78, 5) is 4.12. The molecule has 1 aliphatic heterocycles. The maximum absolute atomic E-state index is 9.38. The van der Waals surface area contributed by atoms with Crippen LogP contribution in [0.25, 0.3) is 0 Å². The van der Waals surface area contributed by atoms with Gasteiger partial charge in [0, 0.05) is 5.56 Å². The summed E-state index contributed by atoms with van der Waals surface area (Å²) in [5.41, 5.74) is 0.120. The fraction of sp³-hybridized carbons (Fsp3) is 0.462. The maximum atomic E-state index is 9.38. The quantitative estimate of drug-likeness (QED) is 0.594. The van der Waals surface area contributed by atoms with Gasteiger partial charge in [-0.1, -0.05) is 5.92 Å². The SMILES string of the molecule is C#Cc1cc(O)cnc1B1OC(C)(C)C(C)(C)O1. The highest BCUT2D eigenvalue weighted by molar-refractivity contribution is 6.61. The summed E-state index contributed by atoms with van der Waals surface area (Å²) < 4.78 is 11.7. The number of hydrogen-bond acceptors (Lipinski definition) is 4. The fourth-order valence-corrected chi connectivity index (χ4v) is 1.72. The lowest BCUT2D eigenvalue weighted by molar-refractivity contribution is 0.00578. The molecule has 1 N–H and O–H groups in total. The number of nitrogens with zero attached hydrogens (tertiary/aromatic N) is 1. The molecular formula is C13H16BNO3. The van der Waals surface area contributed by atoms with Gasteiger partial charge in [-0.15, -0.1) is 6.42 Å². The van der Waals surface area contributed by atoms with Crippen LogP contribution < -0.4 is 5.59 Å². The van der Waals surface area contributed by atoms with E-state index in [1.165, 1.54) is 12.3 Å². The van der Waals surface area contributed by atoms with Gasteiger partial charge in [-0.05, 0) is 33.8 Å². The van der Waals surface area contributed by atoms with Gasteiger partial charge in [-0.25, -0.2) is 0 Å². The molecule has 0 saturated carbocycles. The Bertz CT molecular complexity index is 503. The molecule has 0 amide bonds. The molecule has 1 fully saturated rings. The predicted molar refractivity (Wildman–Crippen MR) is 69.6 cm³/mol. The molecule has 0 bridgehead atoms. The zero-order valence-electron chi connectivity index (χ0n) is 11.0. The molecule has 1 aliphatic rings. The second kappa shape index (κ2) is 4.01. The first-order chi connectivity index (χ1) is 8.27. The van der Waals surface area contributed by atoms with Crippen molar-refractivity contribution in [2.45, 2.75) is 38.9 Å². The van der Waals surface area contributed by atoms with Crippen molar-refractivity contribution < 1.29 is 14.4 Å². The molecule has 2 rings (SSSR count). The van der Waals surface area contributed by atoms with Crippen molar-refractivity contribution in [3.63, 3.8) is 0 Å². The average Bonchev–Trinajstić information content (AvgIpc) is 2.47. The number of terminal acetylenes is 1. The van der Waals surface area contributed by atoms with Crippen LogP contribution in [0.15, 0.2) is 12.3 Å². The van der Waals surface area contributed by atoms with Crippen LogP contribution in [0.5, 0.6) is 5.75 Å². The minimum absolute atomic E-state index is 0.0308. The van der Waals surface area contributed by atoms with Gasteiger partial charge >= 0.3 is 7.12 Å². The summed E-state index contributed by atoms with van der Waals surface area (Å²) in [5.74, 6) is 2.52. The first-order valence-electron chi connectivity index (χ1n) is 5.78. The van der Waals surface area contributed by atoms with Crippen molar-refractivity contribution in [1.29, 1.82) is 0 Å². The average molecular weight is 245 g/mol. The molecule has 2 heterocycles. The van der Waals surface area contributed by atoms with E-state index in [0.717, 1.165) is 0 Å². The van der Waals surface area contributed by atoms with Crippen LogP contribution in [-0.2, 0) is 9.31 Å². The van der Waals surface area contributed by atoms with E-state index >= 15 is 0 Å². The normalized spacial score (nSPS) is 20.7. The van der Waals surface area contributed by atoms with Crippen molar-refractivity contribution >= 4 is 12.7 Å². The molecule has 4 nitrogen and oxygen atoms in total. The summed E-state index contributed by atoms with van der Waals surface area (Å²) in [7, 11) is -0.610. The number of hydrogen-bond donors (Lipinski definition) is 1. The second-order valence-electron chi connectivity index (χ2n) is 5.36. The Morgan fingerprint density at radius 1 is 1.28 bits per heavy atom. The Balaban J connectivity index is 2.39. The third kappa shape index (κ3) is 1.98. The first kappa shape index (κ1) is 12.9. The maximum Gasteiger partial charge on any atom is 0.515 e. The Labute approximate surface area is 107 Å². The number of rotatable bonds is 1. The van der Waals surface area contributed by atoms with Crippen molar-refractivity contribution in [2.75, 3.05) is 0 Å². The molecular weight excluding hydrogens is 229 g/mol. The zero-order chi connectivity index (χ0) is 13.6. The standard InChI is InChI=1S/C13H16BNO3/c1-6-9-7-10(16)8-15-11(9)14-17-12(2,3)13(4,5)18-14/h1,7-8,16H,2-5H3. The van der Waals surface area contributed by atoms with Crippen LogP contribution in [0.1, 0.15) is 33.3 Å². The number of aromatic hydroxyl groups is 1. The third-order valence-corrected chi connectivity index (χ3v) is 3.54. The van der Waals surface area contributed by atoms with Gasteiger partial charge in [0.15, 0.2) is 0 Å². The van der Waals surface area contributed by atoms with Crippen molar-refractivity contribution in [3.8, 4) is 18.1 Å². The van der Waals surface area contributed by atoms with Gasteiger partial charge in [0.2, 0.25) is 0 Å². The summed E-state index contributed by atoms with van der Waals surface area (Å²) in [5, 5.41) is 9.38. The van der Waals surface area contributed by atoms with Crippen LogP contribution in [-0.4, -0.2) is 28.4 Å². The Hall–Kier alpha value is -1.51. The van der Waals surface area contributed by atoms with E-state index in [2.05, 4.69) is 10.9 Å². The van der Waals surface area contributed by atoms with Gasteiger partial charge in [0.1, 0.15) is 5.75 Å². The summed E-state index contributed by atoms with van der Waals surface area (Å²) >= 11 is 0.